The third kappa shape index (κ3) is 4.01. The van der Waals surface area contributed by atoms with E-state index < -0.39 is 0 Å². The van der Waals surface area contributed by atoms with E-state index >= 15 is 0 Å². The molecule has 0 unspecified atom stereocenters. The third-order valence-electron chi connectivity index (χ3n) is 4.78. The van der Waals surface area contributed by atoms with E-state index in [1.54, 1.807) is 0 Å². The van der Waals surface area contributed by atoms with Gasteiger partial charge in [0.25, 0.3) is 0 Å². The monoisotopic (exact) mass is 301 g/mol. The highest BCUT2D eigenvalue weighted by molar-refractivity contribution is 5.74. The van der Waals surface area contributed by atoms with Crippen LogP contribution >= 0.6 is 0 Å². The van der Waals surface area contributed by atoms with Crippen molar-refractivity contribution in [1.82, 2.24) is 15.1 Å². The zero-order valence-electron chi connectivity index (χ0n) is 13.4. The van der Waals surface area contributed by atoms with Crippen molar-refractivity contribution >= 4 is 6.03 Å². The molecule has 4 heteroatoms. The van der Waals surface area contributed by atoms with E-state index in [-0.39, 0.29) is 6.03 Å². The maximum absolute atomic E-state index is 12.1. The fourth-order valence-electron chi connectivity index (χ4n) is 3.45. The second kappa shape index (κ2) is 7.63. The van der Waals surface area contributed by atoms with Crippen molar-refractivity contribution in [3.05, 3.63) is 35.4 Å². The first-order valence-corrected chi connectivity index (χ1v) is 8.65. The van der Waals surface area contributed by atoms with Crippen LogP contribution in [0.3, 0.4) is 0 Å². The van der Waals surface area contributed by atoms with Crippen molar-refractivity contribution in [3.63, 3.8) is 0 Å². The summed E-state index contributed by atoms with van der Waals surface area (Å²) in [5.41, 5.74) is 2.60. The third-order valence-corrected chi connectivity index (χ3v) is 4.78. The summed E-state index contributed by atoms with van der Waals surface area (Å²) in [6, 6.07) is 8.60. The van der Waals surface area contributed by atoms with Crippen LogP contribution < -0.4 is 5.32 Å². The predicted molar refractivity (Wildman–Crippen MR) is 88.6 cm³/mol. The number of likely N-dealkylation sites (tertiary alicyclic amines) is 2. The van der Waals surface area contributed by atoms with Gasteiger partial charge < -0.3 is 10.2 Å². The predicted octanol–water partition coefficient (Wildman–Crippen LogP) is 2.98. The van der Waals surface area contributed by atoms with E-state index in [0.717, 1.165) is 32.5 Å². The van der Waals surface area contributed by atoms with E-state index in [1.165, 1.54) is 43.5 Å². The fourth-order valence-corrected chi connectivity index (χ4v) is 3.45. The van der Waals surface area contributed by atoms with Gasteiger partial charge in [0.05, 0.1) is 0 Å². The van der Waals surface area contributed by atoms with E-state index in [9.17, 15) is 4.79 Å². The number of carbonyl (C=O) groups is 1. The van der Waals surface area contributed by atoms with Gasteiger partial charge in [-0.25, -0.2) is 4.79 Å². The lowest BCUT2D eigenvalue weighted by molar-refractivity contribution is 0.208. The molecule has 2 aliphatic heterocycles. The number of benzene rings is 1. The fraction of sp³-hybridized carbons (Fsp3) is 0.611. The van der Waals surface area contributed by atoms with Crippen LogP contribution in [0.15, 0.2) is 24.3 Å². The van der Waals surface area contributed by atoms with Crippen LogP contribution in [0, 0.1) is 0 Å². The molecule has 2 saturated heterocycles. The molecule has 2 heterocycles. The molecule has 3 rings (SSSR count). The molecular weight excluding hydrogens is 274 g/mol. The Labute approximate surface area is 133 Å². The smallest absolute Gasteiger partial charge is 0.317 e. The van der Waals surface area contributed by atoms with Crippen molar-refractivity contribution in [1.29, 1.82) is 0 Å². The van der Waals surface area contributed by atoms with Gasteiger partial charge in [0, 0.05) is 26.2 Å². The first-order chi connectivity index (χ1) is 10.8. The average Bonchev–Trinajstić information content (AvgIpc) is 3.09. The van der Waals surface area contributed by atoms with Gasteiger partial charge in [-0.05, 0) is 49.9 Å². The maximum Gasteiger partial charge on any atom is 0.317 e. The number of nitrogens with one attached hydrogen (secondary N) is 1. The lowest BCUT2D eigenvalue weighted by Crippen LogP contribution is -2.37. The number of rotatable bonds is 4. The quantitative estimate of drug-likeness (QED) is 0.928. The zero-order chi connectivity index (χ0) is 15.2. The van der Waals surface area contributed by atoms with Gasteiger partial charge in [-0.1, -0.05) is 30.7 Å². The number of hydrogen-bond donors (Lipinski definition) is 1. The highest BCUT2D eigenvalue weighted by Gasteiger charge is 2.18. The molecule has 1 aromatic rings. The highest BCUT2D eigenvalue weighted by atomic mass is 16.2. The Morgan fingerprint density at radius 2 is 1.55 bits per heavy atom. The van der Waals surface area contributed by atoms with Gasteiger partial charge in [-0.15, -0.1) is 0 Å². The molecule has 120 valence electrons. The largest absolute Gasteiger partial charge is 0.334 e. The van der Waals surface area contributed by atoms with Crippen LogP contribution in [0.25, 0.3) is 0 Å². The minimum Gasteiger partial charge on any atom is -0.334 e. The van der Waals surface area contributed by atoms with Crippen LogP contribution in [0.1, 0.15) is 43.2 Å². The van der Waals surface area contributed by atoms with E-state index in [1.807, 2.05) is 4.90 Å². The zero-order valence-corrected chi connectivity index (χ0v) is 13.4. The molecule has 4 nitrogen and oxygen atoms in total. The summed E-state index contributed by atoms with van der Waals surface area (Å²) in [7, 11) is 0. The molecule has 2 fully saturated rings. The Hall–Kier alpha value is -1.55. The standard InChI is InChI=1S/C18H27N3O/c22-18(21-12-6-7-13-21)19-14-16-8-2-3-9-17(16)15-20-10-4-1-5-11-20/h2-3,8-9H,1,4-7,10-15H2,(H,19,22). The second-order valence-electron chi connectivity index (χ2n) is 6.46. The summed E-state index contributed by atoms with van der Waals surface area (Å²) in [6.07, 6.45) is 6.27. The van der Waals surface area contributed by atoms with Gasteiger partial charge in [-0.3, -0.25) is 4.90 Å². The normalized spacial score (nSPS) is 19.4. The van der Waals surface area contributed by atoms with E-state index in [0.29, 0.717) is 6.54 Å². The second-order valence-corrected chi connectivity index (χ2v) is 6.46. The van der Waals surface area contributed by atoms with Gasteiger partial charge in [0.15, 0.2) is 0 Å². The highest BCUT2D eigenvalue weighted by Crippen LogP contribution is 2.16. The first-order valence-electron chi connectivity index (χ1n) is 8.65. The molecule has 0 bridgehead atoms. The minimum absolute atomic E-state index is 0.0882. The Balaban J connectivity index is 1.57. The molecule has 0 radical (unpaired) electrons. The Morgan fingerprint density at radius 3 is 2.27 bits per heavy atom. The molecule has 2 amide bonds. The minimum atomic E-state index is 0.0882. The molecule has 1 aromatic carbocycles. The Morgan fingerprint density at radius 1 is 0.909 bits per heavy atom. The summed E-state index contributed by atoms with van der Waals surface area (Å²) < 4.78 is 0. The molecule has 0 aromatic heterocycles. The van der Waals surface area contributed by atoms with E-state index in [2.05, 4.69) is 34.5 Å². The molecule has 22 heavy (non-hydrogen) atoms. The first kappa shape index (κ1) is 15.3. The molecular formula is C18H27N3O. The lowest BCUT2D eigenvalue weighted by Gasteiger charge is -2.27. The van der Waals surface area contributed by atoms with Crippen LogP contribution in [-0.2, 0) is 13.1 Å². The summed E-state index contributed by atoms with van der Waals surface area (Å²) in [6.45, 7) is 5.86. The van der Waals surface area contributed by atoms with Crippen LogP contribution in [0.4, 0.5) is 4.79 Å². The molecule has 0 spiro atoms. The molecule has 2 aliphatic rings. The number of urea groups is 1. The SMILES string of the molecule is O=C(NCc1ccccc1CN1CCCCC1)N1CCCC1. The van der Waals surface area contributed by atoms with Gasteiger partial charge in [-0.2, -0.15) is 0 Å². The van der Waals surface area contributed by atoms with Crippen molar-refractivity contribution in [2.75, 3.05) is 26.2 Å². The number of amides is 2. The molecule has 0 atom stereocenters. The summed E-state index contributed by atoms with van der Waals surface area (Å²) >= 11 is 0. The summed E-state index contributed by atoms with van der Waals surface area (Å²) in [5, 5.41) is 3.09. The number of nitrogens with zero attached hydrogens (tertiary/aromatic N) is 2. The van der Waals surface area contributed by atoms with Crippen LogP contribution in [0.2, 0.25) is 0 Å². The average molecular weight is 301 g/mol. The number of carbonyl (C=O) groups excluding carboxylic acids is 1. The summed E-state index contributed by atoms with van der Waals surface area (Å²) in [5.74, 6) is 0. The van der Waals surface area contributed by atoms with Crippen molar-refractivity contribution in [2.24, 2.45) is 0 Å². The maximum atomic E-state index is 12.1. The van der Waals surface area contributed by atoms with Gasteiger partial charge in [0.2, 0.25) is 0 Å². The van der Waals surface area contributed by atoms with Crippen LogP contribution in [-0.4, -0.2) is 42.0 Å². The van der Waals surface area contributed by atoms with E-state index in [4.69, 9.17) is 0 Å². The summed E-state index contributed by atoms with van der Waals surface area (Å²) in [4.78, 5) is 16.6. The number of hydrogen-bond acceptors (Lipinski definition) is 2. The van der Waals surface area contributed by atoms with Crippen molar-refractivity contribution in [2.45, 2.75) is 45.2 Å². The molecule has 1 N–H and O–H groups in total. The number of piperidine rings is 1. The van der Waals surface area contributed by atoms with Gasteiger partial charge >= 0.3 is 6.03 Å². The van der Waals surface area contributed by atoms with Crippen molar-refractivity contribution < 1.29 is 4.79 Å². The Bertz CT molecular complexity index is 491. The van der Waals surface area contributed by atoms with Crippen LogP contribution in [0.5, 0.6) is 0 Å². The van der Waals surface area contributed by atoms with Crippen molar-refractivity contribution in [3.8, 4) is 0 Å². The molecule has 0 saturated carbocycles. The molecule has 0 aliphatic carbocycles. The topological polar surface area (TPSA) is 35.6 Å². The Kier molecular flexibility index (Phi) is 5.33. The lowest BCUT2D eigenvalue weighted by atomic mass is 10.0. The van der Waals surface area contributed by atoms with Gasteiger partial charge in [0.1, 0.15) is 0 Å².